The van der Waals surface area contributed by atoms with Gasteiger partial charge in [0.05, 0.1) is 35.9 Å². The fourth-order valence-electron chi connectivity index (χ4n) is 4.50. The third kappa shape index (κ3) is 4.20. The number of hydrogen-bond acceptors (Lipinski definition) is 6. The maximum atomic E-state index is 12.9. The number of fused-ring (bicyclic) bond motifs is 1. The van der Waals surface area contributed by atoms with Gasteiger partial charge in [-0.15, -0.1) is 0 Å². The number of aliphatic imine (C=N–C) groups is 1. The van der Waals surface area contributed by atoms with Gasteiger partial charge >= 0.3 is 0 Å². The van der Waals surface area contributed by atoms with Crippen molar-refractivity contribution in [3.05, 3.63) is 81.8 Å². The van der Waals surface area contributed by atoms with Crippen LogP contribution in [0.15, 0.2) is 64.5 Å². The van der Waals surface area contributed by atoms with Crippen LogP contribution >= 0.6 is 0 Å². The summed E-state index contributed by atoms with van der Waals surface area (Å²) in [6, 6.07) is 15.6. The zero-order valence-electron chi connectivity index (χ0n) is 19.3. The van der Waals surface area contributed by atoms with Crippen molar-refractivity contribution in [1.29, 1.82) is 0 Å². The number of aryl methyl sites for hydroxylation is 1. The number of anilines is 1. The first-order valence-electron chi connectivity index (χ1n) is 11.4. The number of hydrogen-bond donors (Lipinski definition) is 4. The fraction of sp³-hybridized carbons (Fsp3) is 0.269. The van der Waals surface area contributed by atoms with Gasteiger partial charge in [0, 0.05) is 25.4 Å². The van der Waals surface area contributed by atoms with Crippen LogP contribution in [-0.4, -0.2) is 63.6 Å². The average molecular weight is 457 g/mol. The molecule has 0 spiro atoms. The molecule has 2 aromatic heterocycles. The molecule has 1 aliphatic rings. The van der Waals surface area contributed by atoms with Crippen LogP contribution in [-0.2, 0) is 6.42 Å². The van der Waals surface area contributed by atoms with E-state index in [4.69, 9.17) is 4.98 Å². The maximum absolute atomic E-state index is 12.9. The molecule has 0 fully saturated rings. The molecule has 4 N–H and O–H groups in total. The van der Waals surface area contributed by atoms with Gasteiger partial charge in [0.15, 0.2) is 0 Å². The van der Waals surface area contributed by atoms with E-state index in [1.807, 2.05) is 50.4 Å². The molecule has 0 aliphatic carbocycles. The number of aromatic amines is 2. The van der Waals surface area contributed by atoms with Gasteiger partial charge in [-0.1, -0.05) is 30.3 Å². The minimum atomic E-state index is -0.253. The first-order valence-corrected chi connectivity index (χ1v) is 11.4. The Morgan fingerprint density at radius 2 is 2.03 bits per heavy atom. The molecule has 1 unspecified atom stereocenters. The Hall–Kier alpha value is -3.91. The lowest BCUT2D eigenvalue weighted by Gasteiger charge is -2.19. The third-order valence-electron chi connectivity index (χ3n) is 6.20. The lowest BCUT2D eigenvalue weighted by atomic mass is 10.1. The van der Waals surface area contributed by atoms with Crippen LogP contribution in [0.25, 0.3) is 22.4 Å². The molecule has 0 saturated heterocycles. The highest BCUT2D eigenvalue weighted by Crippen LogP contribution is 2.28. The summed E-state index contributed by atoms with van der Waals surface area (Å²) < 4.78 is 0. The van der Waals surface area contributed by atoms with Crippen LogP contribution in [0.5, 0.6) is 0 Å². The first kappa shape index (κ1) is 21.9. The van der Waals surface area contributed by atoms with Crippen molar-refractivity contribution in [3.63, 3.8) is 0 Å². The highest BCUT2D eigenvalue weighted by molar-refractivity contribution is 6.02. The van der Waals surface area contributed by atoms with Crippen LogP contribution in [0.1, 0.15) is 16.7 Å². The number of rotatable bonds is 7. The zero-order chi connectivity index (χ0) is 23.7. The molecule has 0 saturated carbocycles. The van der Waals surface area contributed by atoms with E-state index in [-0.39, 0.29) is 18.2 Å². The van der Waals surface area contributed by atoms with E-state index < -0.39 is 0 Å². The van der Waals surface area contributed by atoms with Crippen molar-refractivity contribution in [3.8, 4) is 11.4 Å². The number of aromatic nitrogens is 3. The molecule has 34 heavy (non-hydrogen) atoms. The first-order chi connectivity index (χ1) is 16.5. The van der Waals surface area contributed by atoms with E-state index in [0.29, 0.717) is 23.5 Å². The number of imidazole rings is 1. The van der Waals surface area contributed by atoms with Crippen molar-refractivity contribution in [2.75, 3.05) is 32.1 Å². The molecule has 0 radical (unpaired) electrons. The van der Waals surface area contributed by atoms with E-state index in [2.05, 4.69) is 31.2 Å². The van der Waals surface area contributed by atoms with E-state index in [9.17, 15) is 9.90 Å². The summed E-state index contributed by atoms with van der Waals surface area (Å²) >= 11 is 0. The summed E-state index contributed by atoms with van der Waals surface area (Å²) in [6.07, 6.45) is 2.23. The minimum absolute atomic E-state index is 0.0701. The van der Waals surface area contributed by atoms with Crippen LogP contribution in [0.3, 0.4) is 0 Å². The Balaban J connectivity index is 1.52. The highest BCUT2D eigenvalue weighted by atomic mass is 16.3. The second-order valence-corrected chi connectivity index (χ2v) is 8.71. The Morgan fingerprint density at radius 3 is 2.76 bits per heavy atom. The average Bonchev–Trinajstić information content (AvgIpc) is 3.45. The summed E-state index contributed by atoms with van der Waals surface area (Å²) in [5.41, 5.74) is 5.60. The number of aliphatic hydroxyl groups excluding tert-OH is 1. The lowest BCUT2D eigenvalue weighted by Crippen LogP contribution is -2.28. The van der Waals surface area contributed by atoms with Crippen LogP contribution < -0.4 is 10.9 Å². The molecule has 3 heterocycles. The van der Waals surface area contributed by atoms with Crippen LogP contribution in [0.4, 0.5) is 5.69 Å². The number of amidine groups is 1. The van der Waals surface area contributed by atoms with Crippen molar-refractivity contribution in [2.24, 2.45) is 4.99 Å². The summed E-state index contributed by atoms with van der Waals surface area (Å²) in [5, 5.41) is 13.3. The summed E-state index contributed by atoms with van der Waals surface area (Å²) in [7, 11) is 2.04. The molecule has 2 aromatic carbocycles. The molecule has 174 valence electrons. The Labute approximate surface area is 197 Å². The standard InChI is InChI=1S/C26H28N6O2/c1-16-12-18(25-27-10-11-32(25)2)14-21-23(16)31-24(30-21)22-20(8-9-28-26(22)34)29-19(15-33)13-17-6-4-3-5-7-17/h3-9,12,14,19,33H,10-11,13,15H2,1-2H3,(H,30,31)(H2,28,29,34). The molecule has 8 heteroatoms. The topological polar surface area (TPSA) is 109 Å². The van der Waals surface area contributed by atoms with E-state index in [0.717, 1.165) is 46.6 Å². The number of aliphatic hydroxyl groups is 1. The number of H-pyrrole nitrogens is 2. The molecule has 8 nitrogen and oxygen atoms in total. The molecule has 1 atom stereocenters. The van der Waals surface area contributed by atoms with Crippen molar-refractivity contribution in [1.82, 2.24) is 19.9 Å². The van der Waals surface area contributed by atoms with Gasteiger partial charge < -0.3 is 25.3 Å². The molecule has 4 aromatic rings. The van der Waals surface area contributed by atoms with Gasteiger partial charge in [-0.05, 0) is 42.7 Å². The Bertz CT molecular complexity index is 1410. The summed E-state index contributed by atoms with van der Waals surface area (Å²) in [6.45, 7) is 3.64. The second-order valence-electron chi connectivity index (χ2n) is 8.71. The smallest absolute Gasteiger partial charge is 0.261 e. The SMILES string of the molecule is Cc1cc(C2=NCCN2C)cc2[nH]c(-c3c(NC(CO)Cc4ccccc4)cc[nH]c3=O)nc12. The maximum Gasteiger partial charge on any atom is 0.261 e. The highest BCUT2D eigenvalue weighted by Gasteiger charge is 2.20. The number of pyridine rings is 1. The van der Waals surface area contributed by atoms with Gasteiger partial charge in [0.25, 0.3) is 5.56 Å². The third-order valence-corrected chi connectivity index (χ3v) is 6.20. The second kappa shape index (κ2) is 9.15. The van der Waals surface area contributed by atoms with E-state index >= 15 is 0 Å². The Kier molecular flexibility index (Phi) is 5.90. The van der Waals surface area contributed by atoms with E-state index in [1.54, 1.807) is 12.3 Å². The lowest BCUT2D eigenvalue weighted by molar-refractivity contribution is 0.274. The van der Waals surface area contributed by atoms with Gasteiger partial charge in [-0.3, -0.25) is 9.79 Å². The van der Waals surface area contributed by atoms with Gasteiger partial charge in [0.1, 0.15) is 17.2 Å². The number of nitrogens with one attached hydrogen (secondary N) is 3. The van der Waals surface area contributed by atoms with Crippen molar-refractivity contribution >= 4 is 22.6 Å². The van der Waals surface area contributed by atoms with Crippen LogP contribution in [0.2, 0.25) is 0 Å². The Morgan fingerprint density at radius 1 is 1.21 bits per heavy atom. The number of likely N-dealkylation sites (N-methyl/N-ethyl adjacent to an activating group) is 1. The largest absolute Gasteiger partial charge is 0.394 e. The molecule has 5 rings (SSSR count). The van der Waals surface area contributed by atoms with Crippen molar-refractivity contribution < 1.29 is 5.11 Å². The molecular formula is C26H28N6O2. The number of benzene rings is 2. The minimum Gasteiger partial charge on any atom is -0.394 e. The fourth-order valence-corrected chi connectivity index (χ4v) is 4.50. The quantitative estimate of drug-likeness (QED) is 0.342. The molecule has 1 aliphatic heterocycles. The summed E-state index contributed by atoms with van der Waals surface area (Å²) in [5.74, 6) is 1.45. The number of nitrogens with zero attached hydrogens (tertiary/aromatic N) is 3. The predicted molar refractivity (Wildman–Crippen MR) is 136 cm³/mol. The van der Waals surface area contributed by atoms with Gasteiger partial charge in [-0.25, -0.2) is 4.98 Å². The van der Waals surface area contributed by atoms with Crippen LogP contribution in [0, 0.1) is 6.92 Å². The summed E-state index contributed by atoms with van der Waals surface area (Å²) in [4.78, 5) is 30.6. The van der Waals surface area contributed by atoms with Crippen molar-refractivity contribution in [2.45, 2.75) is 19.4 Å². The molecular weight excluding hydrogens is 428 g/mol. The van der Waals surface area contributed by atoms with E-state index in [1.165, 1.54) is 0 Å². The predicted octanol–water partition coefficient (Wildman–Crippen LogP) is 2.93. The van der Waals surface area contributed by atoms with Gasteiger partial charge in [-0.2, -0.15) is 0 Å². The zero-order valence-corrected chi connectivity index (χ0v) is 19.3. The van der Waals surface area contributed by atoms with Gasteiger partial charge in [0.2, 0.25) is 0 Å². The normalized spacial score (nSPS) is 14.4. The molecule has 0 amide bonds. The monoisotopic (exact) mass is 456 g/mol. The molecule has 0 bridgehead atoms.